The van der Waals surface area contributed by atoms with E-state index in [0.717, 1.165) is 25.2 Å². The Kier molecular flexibility index (Phi) is 2.85. The third kappa shape index (κ3) is 2.03. The monoisotopic (exact) mass is 290 g/mol. The van der Waals surface area contributed by atoms with E-state index in [1.807, 2.05) is 0 Å². The van der Waals surface area contributed by atoms with Gasteiger partial charge in [-0.15, -0.1) is 0 Å². The number of benzene rings is 1. The molecule has 1 heterocycles. The largest absolute Gasteiger partial charge is 0.316 e. The highest BCUT2D eigenvalue weighted by Gasteiger charge is 2.54. The molecule has 1 aliphatic carbocycles. The molecule has 1 saturated carbocycles. The van der Waals surface area contributed by atoms with Crippen LogP contribution in [-0.4, -0.2) is 27.5 Å². The van der Waals surface area contributed by atoms with Gasteiger partial charge in [-0.25, -0.2) is 17.5 Å². The maximum atomic E-state index is 13.1. The average Bonchev–Trinajstić information content (AvgIpc) is 2.77. The number of nitrogens with one attached hydrogen (secondary N) is 2. The van der Waals surface area contributed by atoms with Crippen molar-refractivity contribution in [3.8, 4) is 0 Å². The Bertz CT molecular complexity index is 583. The lowest BCUT2D eigenvalue weighted by molar-refractivity contribution is 0.562. The minimum Gasteiger partial charge on any atom is -0.316 e. The third-order valence-electron chi connectivity index (χ3n) is 3.57. The molecule has 3 rings (SSSR count). The summed E-state index contributed by atoms with van der Waals surface area (Å²) in [7, 11) is -3.74. The van der Waals surface area contributed by atoms with Crippen molar-refractivity contribution in [2.24, 2.45) is 11.8 Å². The molecular formula is C11H12ClFN2O2S. The Morgan fingerprint density at radius 1 is 1.33 bits per heavy atom. The second-order valence-corrected chi connectivity index (χ2v) is 6.80. The van der Waals surface area contributed by atoms with Crippen LogP contribution in [0.5, 0.6) is 0 Å². The molecule has 0 spiro atoms. The molecule has 0 amide bonds. The van der Waals surface area contributed by atoms with Crippen molar-refractivity contribution in [3.63, 3.8) is 0 Å². The van der Waals surface area contributed by atoms with E-state index in [1.165, 1.54) is 6.07 Å². The van der Waals surface area contributed by atoms with Gasteiger partial charge in [0.15, 0.2) is 0 Å². The Hall–Kier alpha value is -0.690. The van der Waals surface area contributed by atoms with Crippen LogP contribution in [0.3, 0.4) is 0 Å². The van der Waals surface area contributed by atoms with Crippen LogP contribution in [0, 0.1) is 17.7 Å². The Labute approximate surface area is 110 Å². The van der Waals surface area contributed by atoms with E-state index >= 15 is 0 Å². The minimum atomic E-state index is -3.74. The quantitative estimate of drug-likeness (QED) is 0.872. The van der Waals surface area contributed by atoms with Crippen LogP contribution in [0.25, 0.3) is 0 Å². The predicted molar refractivity (Wildman–Crippen MR) is 65.4 cm³/mol. The van der Waals surface area contributed by atoms with Gasteiger partial charge in [-0.1, -0.05) is 11.6 Å². The van der Waals surface area contributed by atoms with Crippen molar-refractivity contribution in [1.82, 2.24) is 10.0 Å². The number of sulfonamides is 1. The molecule has 2 aliphatic rings. The summed E-state index contributed by atoms with van der Waals surface area (Å²) in [5, 5.41) is 3.21. The minimum absolute atomic E-state index is 0.0350. The summed E-state index contributed by atoms with van der Waals surface area (Å²) in [6.45, 7) is 1.66. The number of piperidine rings is 1. The number of hydrogen-bond donors (Lipinski definition) is 2. The van der Waals surface area contributed by atoms with E-state index < -0.39 is 15.8 Å². The molecule has 4 nitrogen and oxygen atoms in total. The van der Waals surface area contributed by atoms with Crippen LogP contribution >= 0.6 is 11.6 Å². The standard InChI is InChI=1S/C11H12ClFN2O2S/c12-9-2-1-6(13)3-10(9)18(16,17)15-11-7-4-14-5-8(7)11/h1-3,7-8,11,14-15H,4-5H2. The first-order chi connectivity index (χ1) is 8.49. The zero-order valence-corrected chi connectivity index (χ0v) is 10.9. The van der Waals surface area contributed by atoms with Crippen molar-refractivity contribution < 1.29 is 12.8 Å². The van der Waals surface area contributed by atoms with Gasteiger partial charge in [0.1, 0.15) is 10.7 Å². The smallest absolute Gasteiger partial charge is 0.242 e. The molecule has 2 atom stereocenters. The van der Waals surface area contributed by atoms with Crippen LogP contribution in [0.4, 0.5) is 4.39 Å². The van der Waals surface area contributed by atoms with E-state index in [0.29, 0.717) is 11.8 Å². The molecule has 1 aromatic rings. The Morgan fingerprint density at radius 2 is 2.00 bits per heavy atom. The fourth-order valence-corrected chi connectivity index (χ4v) is 4.37. The molecule has 1 aromatic carbocycles. The maximum absolute atomic E-state index is 13.1. The first-order valence-electron chi connectivity index (χ1n) is 5.67. The van der Waals surface area contributed by atoms with Gasteiger partial charge in [0.05, 0.1) is 5.02 Å². The maximum Gasteiger partial charge on any atom is 0.242 e. The number of halogens is 2. The third-order valence-corrected chi connectivity index (χ3v) is 5.51. The SMILES string of the molecule is O=S(=O)(NC1C2CNCC21)c1cc(F)ccc1Cl. The summed E-state index contributed by atoms with van der Waals surface area (Å²) < 4.78 is 39.9. The molecule has 18 heavy (non-hydrogen) atoms. The summed E-state index contributed by atoms with van der Waals surface area (Å²) in [6.07, 6.45) is 0. The van der Waals surface area contributed by atoms with E-state index in [2.05, 4.69) is 10.0 Å². The lowest BCUT2D eigenvalue weighted by Gasteiger charge is -2.10. The molecule has 0 radical (unpaired) electrons. The number of hydrogen-bond acceptors (Lipinski definition) is 3. The lowest BCUT2D eigenvalue weighted by Crippen LogP contribution is -2.32. The van der Waals surface area contributed by atoms with Gasteiger partial charge in [0, 0.05) is 6.04 Å². The number of fused-ring (bicyclic) bond motifs is 1. The fraction of sp³-hybridized carbons (Fsp3) is 0.455. The summed E-state index contributed by atoms with van der Waals surface area (Å²) in [4.78, 5) is -0.193. The molecule has 2 unspecified atom stereocenters. The van der Waals surface area contributed by atoms with E-state index in [1.54, 1.807) is 0 Å². The molecule has 7 heteroatoms. The van der Waals surface area contributed by atoms with Crippen molar-refractivity contribution in [2.45, 2.75) is 10.9 Å². The Morgan fingerprint density at radius 3 is 2.67 bits per heavy atom. The predicted octanol–water partition coefficient (Wildman–Crippen LogP) is 0.975. The second-order valence-electron chi connectivity index (χ2n) is 4.71. The summed E-state index contributed by atoms with van der Waals surface area (Å²) in [6, 6.07) is 3.29. The summed E-state index contributed by atoms with van der Waals surface area (Å²) in [5.74, 6) is 0.0941. The van der Waals surface area contributed by atoms with Gasteiger partial charge in [-0.3, -0.25) is 0 Å². The first-order valence-corrected chi connectivity index (χ1v) is 7.53. The summed E-state index contributed by atoms with van der Waals surface area (Å²) >= 11 is 5.81. The normalized spacial score (nSPS) is 30.2. The van der Waals surface area contributed by atoms with Crippen LogP contribution in [0.1, 0.15) is 0 Å². The van der Waals surface area contributed by atoms with Gasteiger partial charge < -0.3 is 5.32 Å². The molecule has 2 N–H and O–H groups in total. The molecule has 0 bridgehead atoms. The van der Waals surface area contributed by atoms with Crippen molar-refractivity contribution in [2.75, 3.05) is 13.1 Å². The molecule has 1 saturated heterocycles. The summed E-state index contributed by atoms with van der Waals surface area (Å²) in [5.41, 5.74) is 0. The Balaban J connectivity index is 1.84. The van der Waals surface area contributed by atoms with Crippen molar-refractivity contribution in [1.29, 1.82) is 0 Å². The average molecular weight is 291 g/mol. The van der Waals surface area contributed by atoms with Crippen LogP contribution in [0.15, 0.2) is 23.1 Å². The highest BCUT2D eigenvalue weighted by atomic mass is 35.5. The molecular weight excluding hydrogens is 279 g/mol. The molecule has 0 aromatic heterocycles. The van der Waals surface area contributed by atoms with Crippen molar-refractivity contribution in [3.05, 3.63) is 29.0 Å². The van der Waals surface area contributed by atoms with Gasteiger partial charge >= 0.3 is 0 Å². The molecule has 98 valence electrons. The molecule has 1 aliphatic heterocycles. The van der Waals surface area contributed by atoms with Crippen molar-refractivity contribution >= 4 is 21.6 Å². The van der Waals surface area contributed by atoms with Crippen LogP contribution in [0.2, 0.25) is 5.02 Å². The van der Waals surface area contributed by atoms with Gasteiger partial charge in [-0.2, -0.15) is 0 Å². The van der Waals surface area contributed by atoms with E-state index in [-0.39, 0.29) is 16.0 Å². The highest BCUT2D eigenvalue weighted by molar-refractivity contribution is 7.89. The highest BCUT2D eigenvalue weighted by Crippen LogP contribution is 2.42. The second kappa shape index (κ2) is 4.16. The van der Waals surface area contributed by atoms with Crippen LogP contribution < -0.4 is 10.0 Å². The topological polar surface area (TPSA) is 58.2 Å². The van der Waals surface area contributed by atoms with Gasteiger partial charge in [0.2, 0.25) is 10.0 Å². The molecule has 2 fully saturated rings. The van der Waals surface area contributed by atoms with Gasteiger partial charge in [0.25, 0.3) is 0 Å². The van der Waals surface area contributed by atoms with Crippen LogP contribution in [-0.2, 0) is 10.0 Å². The first kappa shape index (κ1) is 12.3. The fourth-order valence-electron chi connectivity index (χ4n) is 2.52. The zero-order valence-electron chi connectivity index (χ0n) is 9.36. The van der Waals surface area contributed by atoms with Gasteiger partial charge in [-0.05, 0) is 43.1 Å². The van der Waals surface area contributed by atoms with E-state index in [9.17, 15) is 12.8 Å². The zero-order chi connectivity index (χ0) is 12.9. The van der Waals surface area contributed by atoms with E-state index in [4.69, 9.17) is 11.6 Å². The lowest BCUT2D eigenvalue weighted by atomic mass is 10.3. The number of rotatable bonds is 3.